The number of aromatic hydroxyl groups is 1. The van der Waals surface area contributed by atoms with E-state index in [1.54, 1.807) is 24.3 Å². The van der Waals surface area contributed by atoms with Crippen LogP contribution in [0.4, 0.5) is 0 Å². The molecule has 0 bridgehead atoms. The molecule has 0 saturated carbocycles. The largest absolute Gasteiger partial charge is 0.508 e. The highest BCUT2D eigenvalue weighted by Gasteiger charge is 1.89. The summed E-state index contributed by atoms with van der Waals surface area (Å²) in [5.41, 5.74) is 2.89. The maximum absolute atomic E-state index is 8.63. The standard InChI is InChI=1S/C10H14.C6H6O/c1-3-9-6-5-7-10(4-2)8-9;7-6-4-2-1-3-5-6/h5-8H,3-4H2,1-2H3;1-5,7H. The van der Waals surface area contributed by atoms with E-state index < -0.39 is 0 Å². The zero-order valence-corrected chi connectivity index (χ0v) is 10.6. The van der Waals surface area contributed by atoms with Crippen LogP contribution in [0.15, 0.2) is 54.6 Å². The Morgan fingerprint density at radius 1 is 0.765 bits per heavy atom. The minimum absolute atomic E-state index is 0.322. The lowest BCUT2D eigenvalue weighted by Crippen LogP contribution is -1.83. The zero-order valence-electron chi connectivity index (χ0n) is 10.6. The highest BCUT2D eigenvalue weighted by molar-refractivity contribution is 5.23. The first-order valence-electron chi connectivity index (χ1n) is 6.08. The molecule has 0 heterocycles. The Balaban J connectivity index is 0.000000181. The molecule has 0 atom stereocenters. The smallest absolute Gasteiger partial charge is 0.115 e. The van der Waals surface area contributed by atoms with E-state index >= 15 is 0 Å². The number of rotatable bonds is 2. The van der Waals surface area contributed by atoms with E-state index in [2.05, 4.69) is 38.1 Å². The van der Waals surface area contributed by atoms with Crippen LogP contribution in [-0.2, 0) is 12.8 Å². The molecule has 0 spiro atoms. The summed E-state index contributed by atoms with van der Waals surface area (Å²) in [4.78, 5) is 0. The number of para-hydroxylation sites is 1. The maximum atomic E-state index is 8.63. The maximum Gasteiger partial charge on any atom is 0.115 e. The van der Waals surface area contributed by atoms with Gasteiger partial charge in [0.25, 0.3) is 0 Å². The minimum atomic E-state index is 0.322. The summed E-state index contributed by atoms with van der Waals surface area (Å²) in [6.45, 7) is 4.38. The van der Waals surface area contributed by atoms with Crippen molar-refractivity contribution in [3.8, 4) is 5.75 Å². The molecular weight excluding hydrogens is 208 g/mol. The first kappa shape index (κ1) is 13.3. The van der Waals surface area contributed by atoms with Crippen LogP contribution >= 0.6 is 0 Å². The zero-order chi connectivity index (χ0) is 12.5. The lowest BCUT2D eigenvalue weighted by molar-refractivity contribution is 0.475. The summed E-state index contributed by atoms with van der Waals surface area (Å²) in [6.07, 6.45) is 2.29. The molecule has 0 unspecified atom stereocenters. The summed E-state index contributed by atoms with van der Waals surface area (Å²) in [7, 11) is 0. The van der Waals surface area contributed by atoms with E-state index in [0.717, 1.165) is 12.8 Å². The SMILES string of the molecule is CCc1cccc(CC)c1.Oc1ccccc1. The molecule has 0 aliphatic rings. The van der Waals surface area contributed by atoms with E-state index in [0.29, 0.717) is 5.75 Å². The number of phenolic OH excluding ortho intramolecular Hbond substituents is 1. The topological polar surface area (TPSA) is 20.2 Å². The normalized spacial score (nSPS) is 9.29. The Morgan fingerprint density at radius 2 is 1.29 bits per heavy atom. The van der Waals surface area contributed by atoms with Crippen LogP contribution in [0.2, 0.25) is 0 Å². The van der Waals surface area contributed by atoms with E-state index in [1.165, 1.54) is 11.1 Å². The van der Waals surface area contributed by atoms with Crippen molar-refractivity contribution in [2.75, 3.05) is 0 Å². The van der Waals surface area contributed by atoms with Gasteiger partial charge in [-0.05, 0) is 36.1 Å². The molecule has 0 aliphatic carbocycles. The molecule has 17 heavy (non-hydrogen) atoms. The number of benzene rings is 2. The van der Waals surface area contributed by atoms with E-state index in [1.807, 2.05) is 6.07 Å². The summed E-state index contributed by atoms with van der Waals surface area (Å²) in [5.74, 6) is 0.322. The van der Waals surface area contributed by atoms with E-state index in [4.69, 9.17) is 5.11 Å². The van der Waals surface area contributed by atoms with Crippen molar-refractivity contribution in [1.29, 1.82) is 0 Å². The van der Waals surface area contributed by atoms with Gasteiger partial charge in [0.05, 0.1) is 0 Å². The quantitative estimate of drug-likeness (QED) is 0.816. The molecule has 1 heteroatoms. The van der Waals surface area contributed by atoms with Gasteiger partial charge in [-0.2, -0.15) is 0 Å². The number of hydrogen-bond acceptors (Lipinski definition) is 1. The van der Waals surface area contributed by atoms with Crippen LogP contribution in [-0.4, -0.2) is 5.11 Å². The minimum Gasteiger partial charge on any atom is -0.508 e. The van der Waals surface area contributed by atoms with Crippen LogP contribution in [0.5, 0.6) is 5.75 Å². The van der Waals surface area contributed by atoms with Gasteiger partial charge < -0.3 is 5.11 Å². The molecule has 0 saturated heterocycles. The van der Waals surface area contributed by atoms with Gasteiger partial charge in [0.15, 0.2) is 0 Å². The highest BCUT2D eigenvalue weighted by atomic mass is 16.3. The number of phenols is 1. The molecule has 0 aliphatic heterocycles. The first-order valence-corrected chi connectivity index (χ1v) is 6.08. The monoisotopic (exact) mass is 228 g/mol. The highest BCUT2D eigenvalue weighted by Crippen LogP contribution is 2.05. The van der Waals surface area contributed by atoms with Crippen LogP contribution in [0.3, 0.4) is 0 Å². The van der Waals surface area contributed by atoms with Crippen LogP contribution in [0, 0.1) is 0 Å². The Morgan fingerprint density at radius 3 is 1.65 bits per heavy atom. The van der Waals surface area contributed by atoms with Crippen molar-refractivity contribution in [2.24, 2.45) is 0 Å². The van der Waals surface area contributed by atoms with Crippen LogP contribution in [0.1, 0.15) is 25.0 Å². The molecule has 2 aromatic rings. The Bertz CT molecular complexity index is 401. The second-order valence-corrected chi connectivity index (χ2v) is 3.86. The Labute approximate surface area is 104 Å². The molecule has 1 nitrogen and oxygen atoms in total. The average Bonchev–Trinajstić information content (AvgIpc) is 2.40. The second-order valence-electron chi connectivity index (χ2n) is 3.86. The number of aryl methyl sites for hydroxylation is 2. The summed E-state index contributed by atoms with van der Waals surface area (Å²) in [5, 5.41) is 8.63. The molecule has 0 fully saturated rings. The molecule has 90 valence electrons. The van der Waals surface area contributed by atoms with Gasteiger partial charge in [-0.3, -0.25) is 0 Å². The Hall–Kier alpha value is -1.76. The van der Waals surface area contributed by atoms with Crippen molar-refractivity contribution in [3.63, 3.8) is 0 Å². The van der Waals surface area contributed by atoms with Crippen molar-refractivity contribution < 1.29 is 5.11 Å². The molecule has 1 N–H and O–H groups in total. The first-order chi connectivity index (χ1) is 8.26. The van der Waals surface area contributed by atoms with Gasteiger partial charge in [0.2, 0.25) is 0 Å². The molecule has 2 aromatic carbocycles. The van der Waals surface area contributed by atoms with Crippen LogP contribution in [0.25, 0.3) is 0 Å². The summed E-state index contributed by atoms with van der Waals surface area (Å²) in [6, 6.07) is 17.5. The van der Waals surface area contributed by atoms with Crippen molar-refractivity contribution in [3.05, 3.63) is 65.7 Å². The van der Waals surface area contributed by atoms with Crippen molar-refractivity contribution in [1.82, 2.24) is 0 Å². The molecule has 0 radical (unpaired) electrons. The molecule has 0 amide bonds. The van der Waals surface area contributed by atoms with Gasteiger partial charge in [-0.25, -0.2) is 0 Å². The fraction of sp³-hybridized carbons (Fsp3) is 0.250. The fourth-order valence-corrected chi connectivity index (χ4v) is 1.50. The van der Waals surface area contributed by atoms with Gasteiger partial charge in [-0.15, -0.1) is 0 Å². The molecule has 0 aromatic heterocycles. The lowest BCUT2D eigenvalue weighted by Gasteiger charge is -1.98. The van der Waals surface area contributed by atoms with Crippen LogP contribution < -0.4 is 0 Å². The fourth-order valence-electron chi connectivity index (χ4n) is 1.50. The van der Waals surface area contributed by atoms with Crippen molar-refractivity contribution in [2.45, 2.75) is 26.7 Å². The predicted octanol–water partition coefficient (Wildman–Crippen LogP) is 4.20. The van der Waals surface area contributed by atoms with Gasteiger partial charge in [0.1, 0.15) is 5.75 Å². The third-order valence-electron chi connectivity index (χ3n) is 2.56. The third-order valence-corrected chi connectivity index (χ3v) is 2.56. The third kappa shape index (κ3) is 5.21. The van der Waals surface area contributed by atoms with Gasteiger partial charge in [0, 0.05) is 0 Å². The lowest BCUT2D eigenvalue weighted by atomic mass is 10.1. The number of hydrogen-bond donors (Lipinski definition) is 1. The van der Waals surface area contributed by atoms with E-state index in [-0.39, 0.29) is 0 Å². The second kappa shape index (κ2) is 7.50. The Kier molecular flexibility index (Phi) is 5.87. The molecular formula is C16H20O. The van der Waals surface area contributed by atoms with Gasteiger partial charge >= 0.3 is 0 Å². The summed E-state index contributed by atoms with van der Waals surface area (Å²) >= 11 is 0. The molecule has 2 rings (SSSR count). The van der Waals surface area contributed by atoms with E-state index in [9.17, 15) is 0 Å². The van der Waals surface area contributed by atoms with Crippen molar-refractivity contribution >= 4 is 0 Å². The van der Waals surface area contributed by atoms with Gasteiger partial charge in [-0.1, -0.05) is 56.3 Å². The average molecular weight is 228 g/mol. The predicted molar refractivity (Wildman–Crippen MR) is 73.3 cm³/mol. The summed E-state index contributed by atoms with van der Waals surface area (Å²) < 4.78 is 0.